The number of benzene rings is 2. The molecular formula is C23H23FN6O2. The maximum Gasteiger partial charge on any atom is 0.257 e. The summed E-state index contributed by atoms with van der Waals surface area (Å²) in [6, 6.07) is 11.9. The average molecular weight is 434 g/mol. The fraction of sp³-hybridized carbons (Fsp3) is 0.174. The maximum atomic E-state index is 13.4. The Hall–Kier alpha value is -3.82. The molecule has 1 aromatic heterocycles. The van der Waals surface area contributed by atoms with Crippen LogP contribution >= 0.6 is 0 Å². The number of amides is 1. The van der Waals surface area contributed by atoms with Crippen LogP contribution in [0, 0.1) is 12.7 Å². The minimum absolute atomic E-state index is 0.187. The molecule has 8 nitrogen and oxygen atoms in total. The molecule has 4 N–H and O–H groups in total. The van der Waals surface area contributed by atoms with E-state index < -0.39 is 5.91 Å². The molecule has 4 rings (SSSR count). The van der Waals surface area contributed by atoms with Crippen LogP contribution in [0.2, 0.25) is 0 Å². The minimum Gasteiger partial charge on any atom is -0.371 e. The van der Waals surface area contributed by atoms with E-state index in [0.29, 0.717) is 30.6 Å². The highest BCUT2D eigenvalue weighted by Gasteiger charge is 2.27. The first-order chi connectivity index (χ1) is 15.5. The normalized spacial score (nSPS) is 15.4. The number of hydrogen-bond donors (Lipinski definition) is 3. The van der Waals surface area contributed by atoms with Crippen molar-refractivity contribution in [2.75, 3.05) is 11.9 Å². The highest BCUT2D eigenvalue weighted by molar-refractivity contribution is 5.90. The maximum absolute atomic E-state index is 13.4. The van der Waals surface area contributed by atoms with Crippen molar-refractivity contribution in [3.05, 3.63) is 89.5 Å². The number of anilines is 2. The van der Waals surface area contributed by atoms with Gasteiger partial charge in [-0.25, -0.2) is 10.2 Å². The molecule has 0 spiro atoms. The Labute approximate surface area is 184 Å². The minimum atomic E-state index is -0.416. The first kappa shape index (κ1) is 21.4. The van der Waals surface area contributed by atoms with Crippen molar-refractivity contribution in [3.8, 4) is 0 Å². The van der Waals surface area contributed by atoms with Gasteiger partial charge in [0.2, 0.25) is 5.95 Å². The van der Waals surface area contributed by atoms with Gasteiger partial charge >= 0.3 is 0 Å². The third-order valence-electron chi connectivity index (χ3n) is 5.27. The van der Waals surface area contributed by atoms with Crippen LogP contribution in [0.1, 0.15) is 28.6 Å². The second kappa shape index (κ2) is 9.13. The summed E-state index contributed by atoms with van der Waals surface area (Å²) < 4.78 is 21.1. The standard InChI is InChI=1S/C23H23FN6O2/c1-14(4-10-22(31)27-25)17-5-3-15(2)19(11-17)26-23-29-28-21-13-32-12-20(30(21)23)16-6-8-18(24)9-7-16/h3-11,20H,1,12-13,25H2,2H3,(H,26,29)(H,27,31)/b10-4-/t20-/m0/s1. The van der Waals surface area contributed by atoms with E-state index in [1.807, 2.05) is 35.1 Å². The number of fused-ring (bicyclic) bond motifs is 1. The molecule has 1 aliphatic heterocycles. The van der Waals surface area contributed by atoms with Crippen LogP contribution in [0.3, 0.4) is 0 Å². The van der Waals surface area contributed by atoms with Crippen LogP contribution in [-0.4, -0.2) is 27.3 Å². The number of nitrogens with zero attached hydrogens (tertiary/aromatic N) is 3. The second-order valence-corrected chi connectivity index (χ2v) is 7.41. The topological polar surface area (TPSA) is 107 Å². The number of hydrazine groups is 1. The summed E-state index contributed by atoms with van der Waals surface area (Å²) in [6.07, 6.45) is 2.91. The molecule has 32 heavy (non-hydrogen) atoms. The van der Waals surface area contributed by atoms with Gasteiger partial charge in [-0.2, -0.15) is 0 Å². The highest BCUT2D eigenvalue weighted by atomic mass is 19.1. The summed E-state index contributed by atoms with van der Waals surface area (Å²) >= 11 is 0. The molecule has 0 saturated carbocycles. The smallest absolute Gasteiger partial charge is 0.257 e. The van der Waals surface area contributed by atoms with Crippen LogP contribution in [0.15, 0.2) is 61.2 Å². The number of carbonyl (C=O) groups excluding carboxylic acids is 1. The number of halogens is 1. The van der Waals surface area contributed by atoms with Gasteiger partial charge in [0.15, 0.2) is 5.82 Å². The van der Waals surface area contributed by atoms with Crippen molar-refractivity contribution in [3.63, 3.8) is 0 Å². The summed E-state index contributed by atoms with van der Waals surface area (Å²) in [5.41, 5.74) is 6.24. The Bertz CT molecular complexity index is 1190. The molecule has 0 aliphatic carbocycles. The number of hydrogen-bond acceptors (Lipinski definition) is 6. The van der Waals surface area contributed by atoms with E-state index in [4.69, 9.17) is 10.6 Å². The van der Waals surface area contributed by atoms with Crippen molar-refractivity contribution < 1.29 is 13.9 Å². The van der Waals surface area contributed by atoms with Crippen molar-refractivity contribution in [2.24, 2.45) is 5.84 Å². The van der Waals surface area contributed by atoms with Gasteiger partial charge in [-0.05, 0) is 53.5 Å². The van der Waals surface area contributed by atoms with Crippen LogP contribution in [0.4, 0.5) is 16.0 Å². The molecule has 0 radical (unpaired) electrons. The van der Waals surface area contributed by atoms with E-state index in [-0.39, 0.29) is 11.9 Å². The van der Waals surface area contributed by atoms with Gasteiger partial charge in [-0.1, -0.05) is 30.8 Å². The first-order valence-electron chi connectivity index (χ1n) is 9.99. The van der Waals surface area contributed by atoms with E-state index in [9.17, 15) is 9.18 Å². The molecule has 0 fully saturated rings. The Kier molecular flexibility index (Phi) is 6.11. The van der Waals surface area contributed by atoms with E-state index in [1.165, 1.54) is 18.2 Å². The van der Waals surface area contributed by atoms with Gasteiger partial charge in [-0.3, -0.25) is 14.8 Å². The Morgan fingerprint density at radius 2 is 2.03 bits per heavy atom. The lowest BCUT2D eigenvalue weighted by Gasteiger charge is -2.27. The predicted molar refractivity (Wildman–Crippen MR) is 119 cm³/mol. The lowest BCUT2D eigenvalue weighted by atomic mass is 10.0. The zero-order valence-corrected chi connectivity index (χ0v) is 17.5. The number of nitrogens with one attached hydrogen (secondary N) is 2. The van der Waals surface area contributed by atoms with Crippen molar-refractivity contribution >= 4 is 23.1 Å². The van der Waals surface area contributed by atoms with E-state index >= 15 is 0 Å². The number of carbonyl (C=O) groups is 1. The summed E-state index contributed by atoms with van der Waals surface area (Å²) in [5, 5.41) is 11.9. The van der Waals surface area contributed by atoms with Gasteiger partial charge < -0.3 is 10.1 Å². The Balaban J connectivity index is 1.64. The number of rotatable bonds is 6. The quantitative estimate of drug-likeness (QED) is 0.181. The Morgan fingerprint density at radius 1 is 1.25 bits per heavy atom. The number of allylic oxidation sites excluding steroid dienone is 2. The van der Waals surface area contributed by atoms with E-state index in [1.54, 1.807) is 18.2 Å². The molecule has 1 aliphatic rings. The van der Waals surface area contributed by atoms with Gasteiger partial charge in [0.25, 0.3) is 5.91 Å². The van der Waals surface area contributed by atoms with Crippen LogP contribution in [0.25, 0.3) is 5.57 Å². The van der Waals surface area contributed by atoms with Gasteiger partial charge in [0.05, 0.1) is 12.6 Å². The summed E-state index contributed by atoms with van der Waals surface area (Å²) in [4.78, 5) is 11.4. The van der Waals surface area contributed by atoms with Crippen molar-refractivity contribution in [1.82, 2.24) is 20.2 Å². The summed E-state index contributed by atoms with van der Waals surface area (Å²) in [5.74, 6) is 5.63. The number of ether oxygens (including phenoxy) is 1. The molecule has 2 heterocycles. The lowest BCUT2D eigenvalue weighted by Crippen LogP contribution is -2.27. The fourth-order valence-electron chi connectivity index (χ4n) is 3.50. The lowest BCUT2D eigenvalue weighted by molar-refractivity contribution is -0.116. The Morgan fingerprint density at radius 3 is 2.78 bits per heavy atom. The van der Waals surface area contributed by atoms with Gasteiger partial charge in [0, 0.05) is 11.8 Å². The number of nitrogens with two attached hydrogens (primary N) is 1. The number of aryl methyl sites for hydroxylation is 1. The zero-order valence-electron chi connectivity index (χ0n) is 17.5. The second-order valence-electron chi connectivity index (χ2n) is 7.41. The van der Waals surface area contributed by atoms with Gasteiger partial charge in [0.1, 0.15) is 12.4 Å². The third-order valence-corrected chi connectivity index (χ3v) is 5.27. The SMILES string of the molecule is C=C(/C=C\C(=O)NN)c1ccc(C)c(Nc2nnc3n2[C@H](c2ccc(F)cc2)COC3)c1. The van der Waals surface area contributed by atoms with Crippen molar-refractivity contribution in [2.45, 2.75) is 19.6 Å². The molecule has 9 heteroatoms. The zero-order chi connectivity index (χ0) is 22.7. The van der Waals surface area contributed by atoms with Crippen LogP contribution < -0.4 is 16.6 Å². The van der Waals surface area contributed by atoms with Crippen LogP contribution in [0.5, 0.6) is 0 Å². The first-order valence-corrected chi connectivity index (χ1v) is 9.99. The monoisotopic (exact) mass is 434 g/mol. The highest BCUT2D eigenvalue weighted by Crippen LogP contribution is 2.31. The van der Waals surface area contributed by atoms with Crippen LogP contribution in [-0.2, 0) is 16.1 Å². The molecule has 1 amide bonds. The summed E-state index contributed by atoms with van der Waals surface area (Å²) in [7, 11) is 0. The summed E-state index contributed by atoms with van der Waals surface area (Å²) in [6.45, 7) is 6.75. The van der Waals surface area contributed by atoms with E-state index in [0.717, 1.165) is 22.4 Å². The average Bonchev–Trinajstić information content (AvgIpc) is 3.22. The fourth-order valence-corrected chi connectivity index (χ4v) is 3.50. The van der Waals surface area contributed by atoms with Gasteiger partial charge in [-0.15, -0.1) is 10.2 Å². The number of aromatic nitrogens is 3. The molecule has 164 valence electrons. The largest absolute Gasteiger partial charge is 0.371 e. The predicted octanol–water partition coefficient (Wildman–Crippen LogP) is 3.15. The molecule has 0 unspecified atom stereocenters. The molecule has 1 atom stereocenters. The molecule has 3 aromatic rings. The molecule has 0 bridgehead atoms. The molecular weight excluding hydrogens is 411 g/mol. The molecule has 0 saturated heterocycles. The third kappa shape index (κ3) is 4.43. The van der Waals surface area contributed by atoms with E-state index in [2.05, 4.69) is 22.1 Å². The van der Waals surface area contributed by atoms with Crippen molar-refractivity contribution in [1.29, 1.82) is 0 Å². The molecule has 2 aromatic carbocycles.